The predicted molar refractivity (Wildman–Crippen MR) is 168 cm³/mol. The van der Waals surface area contributed by atoms with Crippen LogP contribution in [-0.4, -0.2) is 139 Å². The summed E-state index contributed by atoms with van der Waals surface area (Å²) in [7, 11) is 1.58. The second-order valence-corrected chi connectivity index (χ2v) is 14.8. The van der Waals surface area contributed by atoms with Crippen molar-refractivity contribution in [1.82, 2.24) is 30.7 Å². The fourth-order valence-corrected chi connectivity index (χ4v) is 9.76. The third-order valence-corrected chi connectivity index (χ3v) is 11.9. The monoisotopic (exact) mass is 652 g/mol. The van der Waals surface area contributed by atoms with Crippen molar-refractivity contribution >= 4 is 11.9 Å². The fraction of sp³-hybridized carbons (Fsp3) is 0.879. The lowest BCUT2D eigenvalue weighted by atomic mass is 9.71. The topological polar surface area (TPSA) is 119 Å². The Morgan fingerprint density at radius 2 is 1.93 bits per heavy atom. The van der Waals surface area contributed by atoms with Crippen molar-refractivity contribution < 1.29 is 33.0 Å². The van der Waals surface area contributed by atoms with E-state index in [2.05, 4.69) is 41.3 Å². The third-order valence-electron chi connectivity index (χ3n) is 11.9. The largest absolute Gasteiger partial charge is 0.388 e. The first-order chi connectivity index (χ1) is 22.0. The number of piperazine rings is 1. The van der Waals surface area contributed by atoms with E-state index in [0.29, 0.717) is 51.9 Å². The van der Waals surface area contributed by atoms with E-state index in [0.717, 1.165) is 0 Å². The van der Waals surface area contributed by atoms with E-state index in [1.54, 1.807) is 12.0 Å². The molecule has 260 valence electrons. The van der Waals surface area contributed by atoms with Crippen LogP contribution in [0.15, 0.2) is 12.7 Å². The van der Waals surface area contributed by atoms with Gasteiger partial charge >= 0.3 is 6.03 Å². The summed E-state index contributed by atoms with van der Waals surface area (Å²) in [6, 6.07) is -1.73. The van der Waals surface area contributed by atoms with E-state index >= 15 is 8.78 Å². The van der Waals surface area contributed by atoms with Crippen LogP contribution in [0.4, 0.5) is 13.6 Å². The molecule has 4 N–H and O–H groups in total. The molecule has 5 aliphatic heterocycles. The van der Waals surface area contributed by atoms with Gasteiger partial charge in [0.2, 0.25) is 5.91 Å². The van der Waals surface area contributed by atoms with Gasteiger partial charge in [-0.3, -0.25) is 15.0 Å². The summed E-state index contributed by atoms with van der Waals surface area (Å²) in [5.74, 6) is -1.34. The maximum atomic E-state index is 16.6. The van der Waals surface area contributed by atoms with Gasteiger partial charge in [0, 0.05) is 62.6 Å². The standard InChI is InChI=1S/C33H54F2N6O5/c1-6-25(43)39-12-13-40(18(4)15-39)31-20-14-22(35)28-26-21(34)8-7-9-24(26)46-16-23(42)30(45-5)19-10-11-36-27(17(2)3)29(19)41(32(20)37-28)33(44)38-31/h6,17-24,26-32,36-37,42H,1,7-16H2,2-5H3,(H,38,44)/t18-,19?,20?,21?,22?,23?,24?,26?,27?,28?,29?,30?,31?,32?/m0/s1. The first kappa shape index (κ1) is 34.0. The molecule has 13 heteroatoms. The van der Waals surface area contributed by atoms with Crippen LogP contribution in [0.5, 0.6) is 0 Å². The molecule has 0 aromatic heterocycles. The number of piperidine rings is 2. The molecule has 6 aliphatic rings. The summed E-state index contributed by atoms with van der Waals surface area (Å²) in [5.41, 5.74) is 0. The summed E-state index contributed by atoms with van der Waals surface area (Å²) >= 11 is 0. The normalized spacial score (nSPS) is 45.5. The number of rotatable bonds is 4. The molecule has 0 spiro atoms. The fourth-order valence-electron chi connectivity index (χ4n) is 9.76. The van der Waals surface area contributed by atoms with Gasteiger partial charge in [-0.1, -0.05) is 20.4 Å². The van der Waals surface area contributed by atoms with Crippen LogP contribution in [0.1, 0.15) is 52.9 Å². The highest BCUT2D eigenvalue weighted by Gasteiger charge is 2.58. The number of aliphatic hydroxyl groups is 1. The van der Waals surface area contributed by atoms with Crippen LogP contribution in [0.2, 0.25) is 0 Å². The van der Waals surface area contributed by atoms with Crippen molar-refractivity contribution in [3.63, 3.8) is 0 Å². The third kappa shape index (κ3) is 6.09. The average Bonchev–Trinajstić information content (AvgIpc) is 3.03. The minimum Gasteiger partial charge on any atom is -0.388 e. The van der Waals surface area contributed by atoms with Gasteiger partial charge in [-0.05, 0) is 57.6 Å². The van der Waals surface area contributed by atoms with Crippen molar-refractivity contribution in [3.8, 4) is 0 Å². The van der Waals surface area contributed by atoms with E-state index in [4.69, 9.17) is 9.47 Å². The van der Waals surface area contributed by atoms with E-state index < -0.39 is 61.0 Å². The second kappa shape index (κ2) is 13.9. The van der Waals surface area contributed by atoms with Crippen molar-refractivity contribution in [2.75, 3.05) is 39.9 Å². The first-order valence-electron chi connectivity index (χ1n) is 17.4. The zero-order chi connectivity index (χ0) is 32.9. The molecular formula is C33H54F2N6O5. The molecule has 3 amide bonds. The minimum atomic E-state index is -1.37. The number of urea groups is 1. The summed E-state index contributed by atoms with van der Waals surface area (Å²) in [6.45, 7) is 12.0. The van der Waals surface area contributed by atoms with Crippen LogP contribution in [0, 0.1) is 23.7 Å². The molecule has 2 bridgehead atoms. The molecule has 46 heavy (non-hydrogen) atoms. The van der Waals surface area contributed by atoms with Crippen molar-refractivity contribution in [3.05, 3.63) is 12.7 Å². The molecule has 0 aromatic carbocycles. The van der Waals surface area contributed by atoms with Crippen LogP contribution in [0.25, 0.3) is 0 Å². The molecule has 0 aromatic rings. The lowest BCUT2D eigenvalue weighted by molar-refractivity contribution is -0.161. The smallest absolute Gasteiger partial charge is 0.320 e. The molecule has 13 unspecified atom stereocenters. The van der Waals surface area contributed by atoms with Crippen molar-refractivity contribution in [2.45, 2.75) is 120 Å². The number of alkyl halides is 2. The van der Waals surface area contributed by atoms with Gasteiger partial charge in [0.15, 0.2) is 0 Å². The summed E-state index contributed by atoms with van der Waals surface area (Å²) < 4.78 is 44.8. The van der Waals surface area contributed by atoms with E-state index in [1.165, 1.54) is 6.08 Å². The molecular weight excluding hydrogens is 598 g/mol. The van der Waals surface area contributed by atoms with Gasteiger partial charge in [-0.2, -0.15) is 0 Å². The second-order valence-electron chi connectivity index (χ2n) is 14.8. The summed E-state index contributed by atoms with van der Waals surface area (Å²) in [5, 5.41) is 22.0. The Morgan fingerprint density at radius 3 is 2.63 bits per heavy atom. The number of nitrogens with zero attached hydrogens (tertiary/aromatic N) is 3. The molecule has 6 fully saturated rings. The quantitative estimate of drug-likeness (QED) is 0.339. The number of hydrogen-bond acceptors (Lipinski definition) is 8. The molecule has 11 nitrogen and oxygen atoms in total. The van der Waals surface area contributed by atoms with Gasteiger partial charge < -0.3 is 35.0 Å². The Labute approximate surface area is 271 Å². The molecule has 0 radical (unpaired) electrons. The number of halogens is 2. The Balaban J connectivity index is 1.42. The van der Waals surface area contributed by atoms with Crippen molar-refractivity contribution in [1.29, 1.82) is 0 Å². The lowest BCUT2D eigenvalue weighted by Crippen LogP contribution is -2.80. The van der Waals surface area contributed by atoms with Gasteiger partial charge in [0.25, 0.3) is 0 Å². The summed E-state index contributed by atoms with van der Waals surface area (Å²) in [6.07, 6.45) is -2.23. The molecule has 14 atom stereocenters. The Kier molecular flexibility index (Phi) is 10.3. The highest BCUT2D eigenvalue weighted by molar-refractivity contribution is 5.87. The Hall–Kier alpha value is -1.90. The maximum Gasteiger partial charge on any atom is 0.320 e. The Morgan fingerprint density at radius 1 is 1.15 bits per heavy atom. The lowest BCUT2D eigenvalue weighted by Gasteiger charge is -2.60. The van der Waals surface area contributed by atoms with Gasteiger partial charge in [-0.25, -0.2) is 13.6 Å². The number of carbonyl (C=O) groups is 2. The van der Waals surface area contributed by atoms with Crippen LogP contribution in [0.3, 0.4) is 0 Å². The average molecular weight is 653 g/mol. The summed E-state index contributed by atoms with van der Waals surface area (Å²) in [4.78, 5) is 32.8. The first-order valence-corrected chi connectivity index (χ1v) is 17.4. The van der Waals surface area contributed by atoms with E-state index in [1.807, 2.05) is 11.8 Å². The molecule has 1 saturated carbocycles. The highest BCUT2D eigenvalue weighted by atomic mass is 19.1. The SMILES string of the molecule is C=CC(=O)N1CCN(C2NC(=O)N3C4NC(C(F)CC42)C2C(F)CCCC2OCC(O)C(OC)C2CCNC(C(C)C)C23)[C@@H](C)C1. The number of ether oxygens (including phenoxy) is 2. The number of aliphatic hydroxyl groups excluding tert-OH is 1. The van der Waals surface area contributed by atoms with Crippen LogP contribution in [-0.2, 0) is 14.3 Å². The number of hydrogen-bond donors (Lipinski definition) is 4. The number of carbonyl (C=O) groups excluding carboxylic acids is 2. The Bertz CT molecular complexity index is 1120. The highest BCUT2D eigenvalue weighted by Crippen LogP contribution is 2.44. The number of amides is 3. The van der Waals surface area contributed by atoms with Gasteiger partial charge in [0.05, 0.1) is 37.2 Å². The van der Waals surface area contributed by atoms with Crippen LogP contribution < -0.4 is 16.0 Å². The zero-order valence-electron chi connectivity index (χ0n) is 27.7. The molecule has 5 heterocycles. The van der Waals surface area contributed by atoms with Gasteiger partial charge in [0.1, 0.15) is 18.4 Å². The zero-order valence-corrected chi connectivity index (χ0v) is 27.7. The minimum absolute atomic E-state index is 0.0440. The van der Waals surface area contributed by atoms with E-state index in [9.17, 15) is 14.7 Å². The van der Waals surface area contributed by atoms with E-state index in [-0.39, 0.29) is 54.8 Å². The van der Waals surface area contributed by atoms with Crippen molar-refractivity contribution in [2.24, 2.45) is 23.7 Å². The number of methoxy groups -OCH3 is 1. The van der Waals surface area contributed by atoms with Gasteiger partial charge in [-0.15, -0.1) is 0 Å². The molecule has 1 aliphatic carbocycles. The predicted octanol–water partition coefficient (Wildman–Crippen LogP) is 1.61. The number of fused-ring (bicyclic) bond motifs is 5. The maximum absolute atomic E-state index is 16.6. The molecule has 6 rings (SSSR count). The number of nitrogens with one attached hydrogen (secondary N) is 3. The molecule has 5 saturated heterocycles. The van der Waals surface area contributed by atoms with Crippen LogP contribution >= 0.6 is 0 Å².